The van der Waals surface area contributed by atoms with Crippen LogP contribution in [0.5, 0.6) is 11.5 Å². The van der Waals surface area contributed by atoms with Gasteiger partial charge in [0.2, 0.25) is 6.79 Å². The topological polar surface area (TPSA) is 21.7 Å². The number of fused-ring (bicyclic) bond motifs is 1. The Balaban J connectivity index is 2.03. The van der Waals surface area contributed by atoms with E-state index in [1.165, 1.54) is 5.56 Å². The minimum absolute atomic E-state index is 0.352. The molecule has 1 aromatic rings. The molecule has 0 saturated carbocycles. The van der Waals surface area contributed by atoms with Crippen molar-refractivity contribution in [2.45, 2.75) is 33.2 Å². The standard InChI is InChI=1S/C14H21NO2/c1-4-15(5-2)11(3)8-12-6-7-13-14(9-12)17-10-16-13/h6-7,9,11H,4-5,8,10H2,1-3H3. The normalized spacial score (nSPS) is 15.3. The second-order valence-corrected chi connectivity index (χ2v) is 4.46. The lowest BCUT2D eigenvalue weighted by atomic mass is 10.1. The molecule has 0 aromatic heterocycles. The van der Waals surface area contributed by atoms with E-state index in [1.807, 2.05) is 6.07 Å². The van der Waals surface area contributed by atoms with Crippen molar-refractivity contribution in [3.8, 4) is 11.5 Å². The fourth-order valence-electron chi connectivity index (χ4n) is 2.39. The van der Waals surface area contributed by atoms with Gasteiger partial charge in [-0.25, -0.2) is 0 Å². The molecule has 0 N–H and O–H groups in total. The first kappa shape index (κ1) is 12.2. The van der Waals surface area contributed by atoms with Crippen LogP contribution in [-0.4, -0.2) is 30.8 Å². The first-order valence-electron chi connectivity index (χ1n) is 6.37. The summed E-state index contributed by atoms with van der Waals surface area (Å²) in [6, 6.07) is 6.80. The quantitative estimate of drug-likeness (QED) is 0.783. The zero-order valence-corrected chi connectivity index (χ0v) is 10.9. The third kappa shape index (κ3) is 2.72. The van der Waals surface area contributed by atoms with E-state index in [9.17, 15) is 0 Å². The molecule has 0 fully saturated rings. The van der Waals surface area contributed by atoms with Gasteiger partial charge in [0.15, 0.2) is 11.5 Å². The summed E-state index contributed by atoms with van der Waals surface area (Å²) in [6.45, 7) is 9.24. The number of nitrogens with zero attached hydrogens (tertiary/aromatic N) is 1. The van der Waals surface area contributed by atoms with E-state index in [-0.39, 0.29) is 0 Å². The maximum absolute atomic E-state index is 5.40. The van der Waals surface area contributed by atoms with Crippen molar-refractivity contribution < 1.29 is 9.47 Å². The second-order valence-electron chi connectivity index (χ2n) is 4.46. The minimum Gasteiger partial charge on any atom is -0.454 e. The van der Waals surface area contributed by atoms with Gasteiger partial charge in [0.25, 0.3) is 0 Å². The molecule has 0 radical (unpaired) electrons. The minimum atomic E-state index is 0.352. The highest BCUT2D eigenvalue weighted by Gasteiger charge is 2.15. The molecular formula is C14H21NO2. The van der Waals surface area contributed by atoms with Gasteiger partial charge in [0.1, 0.15) is 0 Å². The summed E-state index contributed by atoms with van der Waals surface area (Å²) in [5, 5.41) is 0. The smallest absolute Gasteiger partial charge is 0.231 e. The van der Waals surface area contributed by atoms with Crippen LogP contribution in [0.3, 0.4) is 0 Å². The number of ether oxygens (including phenoxy) is 2. The van der Waals surface area contributed by atoms with Gasteiger partial charge in [-0.15, -0.1) is 0 Å². The molecule has 1 aliphatic heterocycles. The van der Waals surface area contributed by atoms with E-state index in [0.717, 1.165) is 31.0 Å². The lowest BCUT2D eigenvalue weighted by Crippen LogP contribution is -2.34. The van der Waals surface area contributed by atoms with Crippen LogP contribution >= 0.6 is 0 Å². The van der Waals surface area contributed by atoms with Crippen LogP contribution in [0.2, 0.25) is 0 Å². The molecule has 0 aliphatic carbocycles. The van der Waals surface area contributed by atoms with E-state index in [0.29, 0.717) is 12.8 Å². The fraction of sp³-hybridized carbons (Fsp3) is 0.571. The van der Waals surface area contributed by atoms with Crippen molar-refractivity contribution in [3.05, 3.63) is 23.8 Å². The van der Waals surface area contributed by atoms with Crippen LogP contribution in [0.25, 0.3) is 0 Å². The zero-order valence-electron chi connectivity index (χ0n) is 10.9. The van der Waals surface area contributed by atoms with Crippen LogP contribution in [0.1, 0.15) is 26.3 Å². The van der Waals surface area contributed by atoms with E-state index in [2.05, 4.69) is 37.8 Å². The van der Waals surface area contributed by atoms with Gasteiger partial charge in [-0.3, -0.25) is 0 Å². The average Bonchev–Trinajstić information content (AvgIpc) is 2.77. The molecule has 1 aliphatic rings. The molecule has 3 nitrogen and oxygen atoms in total. The first-order chi connectivity index (χ1) is 8.24. The summed E-state index contributed by atoms with van der Waals surface area (Å²) >= 11 is 0. The number of benzene rings is 1. The van der Waals surface area contributed by atoms with E-state index in [4.69, 9.17) is 9.47 Å². The second kappa shape index (κ2) is 5.41. The number of likely N-dealkylation sites (N-methyl/N-ethyl adjacent to an activating group) is 1. The van der Waals surface area contributed by atoms with Gasteiger partial charge in [0, 0.05) is 6.04 Å². The molecular weight excluding hydrogens is 214 g/mol. The highest BCUT2D eigenvalue weighted by atomic mass is 16.7. The number of hydrogen-bond acceptors (Lipinski definition) is 3. The third-order valence-corrected chi connectivity index (χ3v) is 3.40. The molecule has 0 saturated heterocycles. The van der Waals surface area contributed by atoms with Gasteiger partial charge in [-0.05, 0) is 44.1 Å². The van der Waals surface area contributed by atoms with Gasteiger partial charge in [0.05, 0.1) is 0 Å². The largest absolute Gasteiger partial charge is 0.454 e. The van der Waals surface area contributed by atoms with Crippen LogP contribution in [-0.2, 0) is 6.42 Å². The molecule has 94 valence electrons. The lowest BCUT2D eigenvalue weighted by molar-refractivity contribution is 0.174. The van der Waals surface area contributed by atoms with Gasteiger partial charge in [-0.1, -0.05) is 19.9 Å². The van der Waals surface area contributed by atoms with Crippen LogP contribution in [0.4, 0.5) is 0 Å². The van der Waals surface area contributed by atoms with Crippen molar-refractivity contribution in [3.63, 3.8) is 0 Å². The Kier molecular flexibility index (Phi) is 3.89. The van der Waals surface area contributed by atoms with Crippen molar-refractivity contribution in [1.82, 2.24) is 4.90 Å². The Morgan fingerprint density at radius 3 is 2.59 bits per heavy atom. The predicted molar refractivity (Wildman–Crippen MR) is 68.7 cm³/mol. The molecule has 1 unspecified atom stereocenters. The maximum Gasteiger partial charge on any atom is 0.231 e. The summed E-state index contributed by atoms with van der Waals surface area (Å²) in [5.74, 6) is 1.75. The Morgan fingerprint density at radius 1 is 1.18 bits per heavy atom. The maximum atomic E-state index is 5.40. The first-order valence-corrected chi connectivity index (χ1v) is 6.37. The Hall–Kier alpha value is -1.22. The van der Waals surface area contributed by atoms with Gasteiger partial charge in [-0.2, -0.15) is 0 Å². The van der Waals surface area contributed by atoms with Gasteiger partial charge >= 0.3 is 0 Å². The Morgan fingerprint density at radius 2 is 1.88 bits per heavy atom. The Labute approximate surface area is 103 Å². The molecule has 3 heteroatoms. The highest BCUT2D eigenvalue weighted by molar-refractivity contribution is 5.44. The van der Waals surface area contributed by atoms with Gasteiger partial charge < -0.3 is 14.4 Å². The van der Waals surface area contributed by atoms with E-state index in [1.54, 1.807) is 0 Å². The SMILES string of the molecule is CCN(CC)C(C)Cc1ccc2c(c1)OCO2. The number of rotatable bonds is 5. The van der Waals surface area contributed by atoms with Crippen molar-refractivity contribution in [2.75, 3.05) is 19.9 Å². The van der Waals surface area contributed by atoms with Crippen molar-refractivity contribution in [1.29, 1.82) is 0 Å². The lowest BCUT2D eigenvalue weighted by Gasteiger charge is -2.26. The summed E-state index contributed by atoms with van der Waals surface area (Å²) < 4.78 is 10.7. The summed E-state index contributed by atoms with van der Waals surface area (Å²) in [4.78, 5) is 2.46. The molecule has 0 amide bonds. The molecule has 1 heterocycles. The highest BCUT2D eigenvalue weighted by Crippen LogP contribution is 2.32. The van der Waals surface area contributed by atoms with E-state index < -0.39 is 0 Å². The predicted octanol–water partition coefficient (Wildman–Crippen LogP) is 2.69. The van der Waals surface area contributed by atoms with E-state index >= 15 is 0 Å². The average molecular weight is 235 g/mol. The summed E-state index contributed by atoms with van der Waals surface area (Å²) in [6.07, 6.45) is 1.05. The van der Waals surface area contributed by atoms with Crippen LogP contribution in [0.15, 0.2) is 18.2 Å². The monoisotopic (exact) mass is 235 g/mol. The Bertz CT molecular complexity index is 374. The van der Waals surface area contributed by atoms with Crippen molar-refractivity contribution >= 4 is 0 Å². The third-order valence-electron chi connectivity index (χ3n) is 3.40. The molecule has 0 bridgehead atoms. The van der Waals surface area contributed by atoms with Crippen LogP contribution < -0.4 is 9.47 Å². The summed E-state index contributed by atoms with van der Waals surface area (Å²) in [7, 11) is 0. The zero-order chi connectivity index (χ0) is 12.3. The fourth-order valence-corrected chi connectivity index (χ4v) is 2.39. The molecule has 1 atom stereocenters. The number of hydrogen-bond donors (Lipinski definition) is 0. The van der Waals surface area contributed by atoms with Crippen molar-refractivity contribution in [2.24, 2.45) is 0 Å². The molecule has 0 spiro atoms. The molecule has 2 rings (SSSR count). The van der Waals surface area contributed by atoms with Crippen LogP contribution in [0, 0.1) is 0 Å². The summed E-state index contributed by atoms with van der Waals surface area (Å²) in [5.41, 5.74) is 1.31. The molecule has 1 aromatic carbocycles. The molecule has 17 heavy (non-hydrogen) atoms.